The molecule has 1 spiro atoms. The molecule has 1 aromatic rings. The molecule has 0 aromatic heterocycles. The zero-order chi connectivity index (χ0) is 22.6. The van der Waals surface area contributed by atoms with Crippen LogP contribution in [0.15, 0.2) is 41.9 Å². The predicted octanol–water partition coefficient (Wildman–Crippen LogP) is 6.13. The SMILES string of the molecule is C=CCCCCN1CCC2(CC1C)C(=NC1CCCCC1)NC(=O)N2c1ccc(I)cc1. The van der Waals surface area contributed by atoms with Crippen LogP contribution >= 0.6 is 22.6 Å². The van der Waals surface area contributed by atoms with Gasteiger partial charge in [-0.15, -0.1) is 6.58 Å². The smallest absolute Gasteiger partial charge is 0.300 e. The molecule has 4 rings (SSSR count). The van der Waals surface area contributed by atoms with Gasteiger partial charge in [-0.1, -0.05) is 25.3 Å². The number of nitrogens with one attached hydrogen (secondary N) is 1. The third-order valence-corrected chi connectivity index (χ3v) is 8.16. The summed E-state index contributed by atoms with van der Waals surface area (Å²) in [5, 5.41) is 3.23. The zero-order valence-corrected chi connectivity index (χ0v) is 21.5. The Hall–Kier alpha value is -1.41. The van der Waals surface area contributed by atoms with Crippen molar-refractivity contribution in [3.8, 4) is 0 Å². The largest absolute Gasteiger partial charge is 0.328 e. The van der Waals surface area contributed by atoms with Gasteiger partial charge < -0.3 is 4.90 Å². The highest BCUT2D eigenvalue weighted by atomic mass is 127. The Balaban J connectivity index is 1.61. The number of hydrogen-bond donors (Lipinski definition) is 1. The first-order valence-corrected chi connectivity index (χ1v) is 13.4. The molecule has 2 saturated heterocycles. The van der Waals surface area contributed by atoms with Crippen molar-refractivity contribution in [2.45, 2.75) is 88.8 Å². The van der Waals surface area contributed by atoms with Gasteiger partial charge in [0.15, 0.2) is 0 Å². The molecule has 1 aromatic carbocycles. The Morgan fingerprint density at radius 2 is 1.97 bits per heavy atom. The van der Waals surface area contributed by atoms with E-state index in [2.05, 4.69) is 70.6 Å². The number of carbonyl (C=O) groups is 1. The van der Waals surface area contributed by atoms with Gasteiger partial charge in [-0.2, -0.15) is 0 Å². The minimum absolute atomic E-state index is 0.0209. The fourth-order valence-electron chi connectivity index (χ4n) is 5.70. The van der Waals surface area contributed by atoms with Gasteiger partial charge >= 0.3 is 6.03 Å². The molecule has 174 valence electrons. The number of hydrogen-bond acceptors (Lipinski definition) is 3. The first-order chi connectivity index (χ1) is 15.5. The maximum Gasteiger partial charge on any atom is 0.328 e. The average Bonchev–Trinajstić information content (AvgIpc) is 3.04. The molecule has 1 aliphatic carbocycles. The average molecular weight is 549 g/mol. The fourth-order valence-corrected chi connectivity index (χ4v) is 6.06. The second-order valence-electron chi connectivity index (χ2n) is 9.67. The van der Waals surface area contributed by atoms with E-state index in [4.69, 9.17) is 4.99 Å². The molecule has 3 fully saturated rings. The van der Waals surface area contributed by atoms with Crippen molar-refractivity contribution < 1.29 is 4.79 Å². The summed E-state index contributed by atoms with van der Waals surface area (Å²) in [6.45, 7) is 8.27. The summed E-state index contributed by atoms with van der Waals surface area (Å²) in [7, 11) is 0. The Bertz CT molecular complexity index is 833. The van der Waals surface area contributed by atoms with Crippen LogP contribution in [0.4, 0.5) is 10.5 Å². The molecule has 2 atom stereocenters. The molecule has 6 heteroatoms. The summed E-state index contributed by atoms with van der Waals surface area (Å²) >= 11 is 2.32. The number of piperidine rings is 1. The van der Waals surface area contributed by atoms with E-state index < -0.39 is 0 Å². The number of likely N-dealkylation sites (tertiary alicyclic amines) is 1. The molecule has 1 saturated carbocycles. The molecular formula is C26H37IN4O. The van der Waals surface area contributed by atoms with Crippen molar-refractivity contribution in [2.75, 3.05) is 18.0 Å². The van der Waals surface area contributed by atoms with Crippen LogP contribution in [0, 0.1) is 3.57 Å². The molecule has 2 unspecified atom stereocenters. The van der Waals surface area contributed by atoms with E-state index in [-0.39, 0.29) is 11.6 Å². The number of rotatable bonds is 7. The van der Waals surface area contributed by atoms with Crippen LogP contribution in [0.5, 0.6) is 0 Å². The number of amides is 2. The van der Waals surface area contributed by atoms with E-state index in [1.165, 1.54) is 35.7 Å². The van der Waals surface area contributed by atoms with E-state index in [1.54, 1.807) is 0 Å². The minimum Gasteiger partial charge on any atom is -0.300 e. The Morgan fingerprint density at radius 1 is 1.22 bits per heavy atom. The zero-order valence-electron chi connectivity index (χ0n) is 19.4. The Kier molecular flexibility index (Phi) is 7.92. The van der Waals surface area contributed by atoms with Crippen LogP contribution in [0.25, 0.3) is 0 Å². The topological polar surface area (TPSA) is 47.9 Å². The van der Waals surface area contributed by atoms with Crippen molar-refractivity contribution in [2.24, 2.45) is 4.99 Å². The third kappa shape index (κ3) is 5.06. The van der Waals surface area contributed by atoms with Gasteiger partial charge in [-0.3, -0.25) is 15.2 Å². The molecular weight excluding hydrogens is 511 g/mol. The number of anilines is 1. The summed E-state index contributed by atoms with van der Waals surface area (Å²) < 4.78 is 1.18. The summed E-state index contributed by atoms with van der Waals surface area (Å²) in [5.41, 5.74) is 0.613. The summed E-state index contributed by atoms with van der Waals surface area (Å²) in [6.07, 6.45) is 13.4. The highest BCUT2D eigenvalue weighted by Crippen LogP contribution is 2.40. The number of benzene rings is 1. The highest BCUT2D eigenvalue weighted by Gasteiger charge is 2.54. The molecule has 0 radical (unpaired) electrons. The highest BCUT2D eigenvalue weighted by molar-refractivity contribution is 14.1. The lowest BCUT2D eigenvalue weighted by Crippen LogP contribution is -2.59. The van der Waals surface area contributed by atoms with E-state index in [0.717, 1.165) is 56.7 Å². The van der Waals surface area contributed by atoms with E-state index in [1.807, 2.05) is 11.0 Å². The molecule has 5 nitrogen and oxygen atoms in total. The second-order valence-corrected chi connectivity index (χ2v) is 10.9. The van der Waals surface area contributed by atoms with Gasteiger partial charge in [0.2, 0.25) is 0 Å². The predicted molar refractivity (Wildman–Crippen MR) is 142 cm³/mol. The lowest BCUT2D eigenvalue weighted by molar-refractivity contribution is 0.129. The number of carbonyl (C=O) groups excluding carboxylic acids is 1. The van der Waals surface area contributed by atoms with Gasteiger partial charge in [-0.05, 0) is 105 Å². The maximum atomic E-state index is 13.3. The molecule has 2 amide bonds. The lowest BCUT2D eigenvalue weighted by atomic mass is 9.81. The van der Waals surface area contributed by atoms with E-state index >= 15 is 0 Å². The van der Waals surface area contributed by atoms with Gasteiger partial charge in [0.25, 0.3) is 0 Å². The van der Waals surface area contributed by atoms with Crippen molar-refractivity contribution in [1.82, 2.24) is 10.2 Å². The summed E-state index contributed by atoms with van der Waals surface area (Å²) in [5.74, 6) is 0.922. The molecule has 2 heterocycles. The van der Waals surface area contributed by atoms with Gasteiger partial charge in [0.1, 0.15) is 11.4 Å². The van der Waals surface area contributed by atoms with Crippen LogP contribution in [0.3, 0.4) is 0 Å². The standard InChI is InChI=1S/C26H37IN4O/c1-3-4-5-9-17-30-18-16-26(19-20(30)2)24(28-22-10-7-6-8-11-22)29-25(32)31(26)23-14-12-21(27)13-15-23/h3,12-15,20,22H,1,4-11,16-19H2,2H3,(H,28,29,32). The van der Waals surface area contributed by atoms with Crippen molar-refractivity contribution in [3.05, 3.63) is 40.5 Å². The van der Waals surface area contributed by atoms with Crippen molar-refractivity contribution in [1.29, 1.82) is 0 Å². The first-order valence-electron chi connectivity index (χ1n) is 12.3. The maximum absolute atomic E-state index is 13.3. The monoisotopic (exact) mass is 548 g/mol. The van der Waals surface area contributed by atoms with Gasteiger partial charge in [0.05, 0.1) is 6.04 Å². The number of nitrogens with zero attached hydrogens (tertiary/aromatic N) is 3. The lowest BCUT2D eigenvalue weighted by Gasteiger charge is -2.47. The van der Waals surface area contributed by atoms with Crippen molar-refractivity contribution in [3.63, 3.8) is 0 Å². The minimum atomic E-state index is -0.363. The number of halogens is 1. The van der Waals surface area contributed by atoms with Crippen LogP contribution in [0.1, 0.15) is 71.1 Å². The van der Waals surface area contributed by atoms with Gasteiger partial charge in [0, 0.05) is 21.8 Å². The number of allylic oxidation sites excluding steroid dienone is 1. The van der Waals surface area contributed by atoms with E-state index in [0.29, 0.717) is 12.1 Å². The number of unbranched alkanes of at least 4 members (excludes halogenated alkanes) is 2. The second kappa shape index (κ2) is 10.7. The molecule has 32 heavy (non-hydrogen) atoms. The number of amidine groups is 1. The molecule has 1 N–H and O–H groups in total. The third-order valence-electron chi connectivity index (χ3n) is 7.44. The number of urea groups is 1. The normalized spacial score (nSPS) is 28.4. The van der Waals surface area contributed by atoms with Crippen LogP contribution in [-0.4, -0.2) is 47.5 Å². The molecule has 0 bridgehead atoms. The first kappa shape index (κ1) is 23.7. The molecule has 2 aliphatic heterocycles. The van der Waals surface area contributed by atoms with Crippen molar-refractivity contribution >= 4 is 40.1 Å². The number of aliphatic imine (C=N–C) groups is 1. The quantitative estimate of drug-likeness (QED) is 0.253. The summed E-state index contributed by atoms with van der Waals surface area (Å²) in [4.78, 5) is 23.2. The summed E-state index contributed by atoms with van der Waals surface area (Å²) in [6, 6.07) is 9.07. The van der Waals surface area contributed by atoms with E-state index in [9.17, 15) is 4.79 Å². The van der Waals surface area contributed by atoms with Crippen LogP contribution < -0.4 is 10.2 Å². The van der Waals surface area contributed by atoms with Gasteiger partial charge in [-0.25, -0.2) is 4.79 Å². The fraction of sp³-hybridized carbons (Fsp3) is 0.615. The van der Waals surface area contributed by atoms with Crippen LogP contribution in [0.2, 0.25) is 0 Å². The van der Waals surface area contributed by atoms with Crippen LogP contribution in [-0.2, 0) is 0 Å². The molecule has 3 aliphatic rings. The Morgan fingerprint density at radius 3 is 2.66 bits per heavy atom. The Labute approximate surface area is 206 Å².